The molecule has 22 heavy (non-hydrogen) atoms. The van der Waals surface area contributed by atoms with Crippen molar-refractivity contribution >= 4 is 17.5 Å². The highest BCUT2D eigenvalue weighted by Gasteiger charge is 2.24. The molecule has 3 nitrogen and oxygen atoms in total. The highest BCUT2D eigenvalue weighted by atomic mass is 35.5. The van der Waals surface area contributed by atoms with Gasteiger partial charge in [-0.25, -0.2) is 0 Å². The molecule has 1 rings (SSSR count). The van der Waals surface area contributed by atoms with Crippen LogP contribution in [0.15, 0.2) is 24.3 Å². The Balaban J connectivity index is 2.55. The molecule has 0 aliphatic rings. The van der Waals surface area contributed by atoms with E-state index in [1.54, 1.807) is 0 Å². The number of rotatable bonds is 8. The van der Waals surface area contributed by atoms with E-state index < -0.39 is 0 Å². The summed E-state index contributed by atoms with van der Waals surface area (Å²) in [5.41, 5.74) is 0.927. The van der Waals surface area contributed by atoms with Gasteiger partial charge in [-0.05, 0) is 43.1 Å². The maximum Gasteiger partial charge on any atom is 0.220 e. The van der Waals surface area contributed by atoms with E-state index in [1.165, 1.54) is 0 Å². The van der Waals surface area contributed by atoms with Crippen molar-refractivity contribution in [2.45, 2.75) is 52.5 Å². The zero-order valence-electron chi connectivity index (χ0n) is 14.4. The zero-order valence-corrected chi connectivity index (χ0v) is 15.2. The SMILES string of the molecule is CCN(CC)C(C)CNC(=O)CC(C)(C)c1ccc(Cl)cc1. The lowest BCUT2D eigenvalue weighted by molar-refractivity contribution is -0.122. The molecular formula is C18H29ClN2O. The lowest BCUT2D eigenvalue weighted by atomic mass is 9.81. The van der Waals surface area contributed by atoms with E-state index in [2.05, 4.69) is 44.8 Å². The van der Waals surface area contributed by atoms with E-state index >= 15 is 0 Å². The minimum absolute atomic E-state index is 0.0963. The summed E-state index contributed by atoms with van der Waals surface area (Å²) in [4.78, 5) is 14.6. The summed E-state index contributed by atoms with van der Waals surface area (Å²) in [6.45, 7) is 13.3. The number of carbonyl (C=O) groups excluding carboxylic acids is 1. The molecule has 0 fully saturated rings. The van der Waals surface area contributed by atoms with Crippen LogP contribution in [0.5, 0.6) is 0 Å². The largest absolute Gasteiger partial charge is 0.355 e. The normalized spacial score (nSPS) is 13.2. The van der Waals surface area contributed by atoms with E-state index in [-0.39, 0.29) is 11.3 Å². The lowest BCUT2D eigenvalue weighted by Crippen LogP contribution is -2.43. The third-order valence-corrected chi connectivity index (χ3v) is 4.51. The van der Waals surface area contributed by atoms with Gasteiger partial charge in [0, 0.05) is 24.0 Å². The van der Waals surface area contributed by atoms with Gasteiger partial charge in [0.2, 0.25) is 5.91 Å². The number of amides is 1. The number of likely N-dealkylation sites (N-methyl/N-ethyl adjacent to an activating group) is 1. The van der Waals surface area contributed by atoms with E-state index in [4.69, 9.17) is 11.6 Å². The van der Waals surface area contributed by atoms with Crippen LogP contribution in [-0.2, 0) is 10.2 Å². The van der Waals surface area contributed by atoms with Gasteiger partial charge >= 0.3 is 0 Å². The molecule has 0 aliphatic heterocycles. The van der Waals surface area contributed by atoms with Crippen molar-refractivity contribution in [3.8, 4) is 0 Å². The summed E-state index contributed by atoms with van der Waals surface area (Å²) in [6, 6.07) is 8.10. The fourth-order valence-electron chi connectivity index (χ4n) is 2.70. The fourth-order valence-corrected chi connectivity index (χ4v) is 2.83. The Kier molecular flexibility index (Phi) is 7.37. The topological polar surface area (TPSA) is 32.3 Å². The predicted molar refractivity (Wildman–Crippen MR) is 94.5 cm³/mol. The van der Waals surface area contributed by atoms with Crippen LogP contribution in [-0.4, -0.2) is 36.5 Å². The summed E-state index contributed by atoms with van der Waals surface area (Å²) in [5, 5.41) is 3.78. The summed E-state index contributed by atoms with van der Waals surface area (Å²) < 4.78 is 0. The molecule has 1 unspecified atom stereocenters. The van der Waals surface area contributed by atoms with Crippen LogP contribution in [0, 0.1) is 0 Å². The molecule has 0 heterocycles. The van der Waals surface area contributed by atoms with Gasteiger partial charge in [-0.2, -0.15) is 0 Å². The van der Waals surface area contributed by atoms with Crippen molar-refractivity contribution in [1.29, 1.82) is 0 Å². The molecule has 1 N–H and O–H groups in total. The predicted octanol–water partition coefficient (Wildman–Crippen LogP) is 3.85. The standard InChI is InChI=1S/C18H29ClN2O/c1-6-21(7-2)14(3)13-20-17(22)12-18(4,5)15-8-10-16(19)11-9-15/h8-11,14H,6-7,12-13H2,1-5H3,(H,20,22). The van der Waals surface area contributed by atoms with E-state index in [9.17, 15) is 4.79 Å². The molecule has 1 aromatic carbocycles. The van der Waals surface area contributed by atoms with Crippen molar-refractivity contribution in [2.24, 2.45) is 0 Å². The quantitative estimate of drug-likeness (QED) is 0.787. The minimum Gasteiger partial charge on any atom is -0.355 e. The smallest absolute Gasteiger partial charge is 0.220 e. The molecule has 0 spiro atoms. The summed E-state index contributed by atoms with van der Waals surface area (Å²) in [6.07, 6.45) is 0.472. The molecule has 4 heteroatoms. The Labute approximate surface area is 140 Å². The third kappa shape index (κ3) is 5.62. The molecule has 124 valence electrons. The second kappa shape index (κ2) is 8.54. The van der Waals surface area contributed by atoms with Crippen LogP contribution >= 0.6 is 11.6 Å². The first-order valence-electron chi connectivity index (χ1n) is 8.07. The molecular weight excluding hydrogens is 296 g/mol. The second-order valence-electron chi connectivity index (χ2n) is 6.44. The number of nitrogens with one attached hydrogen (secondary N) is 1. The average Bonchev–Trinajstić information content (AvgIpc) is 2.46. The monoisotopic (exact) mass is 324 g/mol. The first kappa shape index (κ1) is 19.0. The lowest BCUT2D eigenvalue weighted by Gasteiger charge is -2.28. The molecule has 0 saturated heterocycles. The number of carbonyl (C=O) groups is 1. The minimum atomic E-state index is -0.201. The van der Waals surface area contributed by atoms with Gasteiger partial charge in [-0.15, -0.1) is 0 Å². The third-order valence-electron chi connectivity index (χ3n) is 4.26. The molecule has 0 saturated carbocycles. The number of hydrogen-bond acceptors (Lipinski definition) is 2. The number of hydrogen-bond donors (Lipinski definition) is 1. The molecule has 1 atom stereocenters. The maximum atomic E-state index is 12.2. The average molecular weight is 325 g/mol. The Morgan fingerprint density at radius 1 is 1.23 bits per heavy atom. The fraction of sp³-hybridized carbons (Fsp3) is 0.611. The van der Waals surface area contributed by atoms with Gasteiger partial charge < -0.3 is 5.32 Å². The molecule has 0 aromatic heterocycles. The van der Waals surface area contributed by atoms with Crippen LogP contribution in [0.25, 0.3) is 0 Å². The van der Waals surface area contributed by atoms with Crippen LogP contribution in [0.2, 0.25) is 5.02 Å². The highest BCUT2D eigenvalue weighted by Crippen LogP contribution is 2.27. The van der Waals surface area contributed by atoms with E-state index in [1.807, 2.05) is 24.3 Å². The maximum absolute atomic E-state index is 12.2. The van der Waals surface area contributed by atoms with Crippen molar-refractivity contribution < 1.29 is 4.79 Å². The molecule has 0 bridgehead atoms. The van der Waals surface area contributed by atoms with Gasteiger partial charge in [-0.3, -0.25) is 9.69 Å². The second-order valence-corrected chi connectivity index (χ2v) is 6.88. The summed E-state index contributed by atoms with van der Waals surface area (Å²) >= 11 is 5.93. The molecule has 1 amide bonds. The molecule has 1 aromatic rings. The number of nitrogens with zero attached hydrogens (tertiary/aromatic N) is 1. The van der Waals surface area contributed by atoms with Gasteiger partial charge in [0.1, 0.15) is 0 Å². The summed E-state index contributed by atoms with van der Waals surface area (Å²) in [5.74, 6) is 0.0963. The van der Waals surface area contributed by atoms with Crippen molar-refractivity contribution in [3.05, 3.63) is 34.9 Å². The van der Waals surface area contributed by atoms with Crippen LogP contribution < -0.4 is 5.32 Å². The van der Waals surface area contributed by atoms with Crippen LogP contribution in [0.3, 0.4) is 0 Å². The first-order chi connectivity index (χ1) is 10.3. The Morgan fingerprint density at radius 3 is 2.27 bits per heavy atom. The van der Waals surface area contributed by atoms with Crippen LogP contribution in [0.4, 0.5) is 0 Å². The Bertz CT molecular complexity index is 466. The number of benzene rings is 1. The Morgan fingerprint density at radius 2 is 1.77 bits per heavy atom. The van der Waals surface area contributed by atoms with Gasteiger partial charge in [-0.1, -0.05) is 51.4 Å². The van der Waals surface area contributed by atoms with E-state index in [0.29, 0.717) is 19.0 Å². The van der Waals surface area contributed by atoms with Gasteiger partial charge in [0.25, 0.3) is 0 Å². The summed E-state index contributed by atoms with van der Waals surface area (Å²) in [7, 11) is 0. The van der Waals surface area contributed by atoms with Crippen LogP contribution in [0.1, 0.15) is 46.6 Å². The first-order valence-corrected chi connectivity index (χ1v) is 8.44. The molecule has 0 radical (unpaired) electrons. The van der Waals surface area contributed by atoms with Crippen molar-refractivity contribution in [1.82, 2.24) is 10.2 Å². The van der Waals surface area contributed by atoms with Crippen molar-refractivity contribution in [2.75, 3.05) is 19.6 Å². The highest BCUT2D eigenvalue weighted by molar-refractivity contribution is 6.30. The number of halogens is 1. The Hall–Kier alpha value is -1.06. The van der Waals surface area contributed by atoms with Gasteiger partial charge in [0.05, 0.1) is 0 Å². The van der Waals surface area contributed by atoms with Gasteiger partial charge in [0.15, 0.2) is 0 Å². The van der Waals surface area contributed by atoms with E-state index in [0.717, 1.165) is 23.7 Å². The molecule has 0 aliphatic carbocycles. The zero-order chi connectivity index (χ0) is 16.8. The van der Waals surface area contributed by atoms with Crippen molar-refractivity contribution in [3.63, 3.8) is 0 Å².